The number of amides is 1. The van der Waals surface area contributed by atoms with Crippen LogP contribution in [0.2, 0.25) is 0 Å². The van der Waals surface area contributed by atoms with Crippen LogP contribution in [-0.2, 0) is 0 Å². The van der Waals surface area contributed by atoms with E-state index in [2.05, 4.69) is 15.3 Å². The summed E-state index contributed by atoms with van der Waals surface area (Å²) < 4.78 is 40.5. The number of rotatable bonds is 4. The summed E-state index contributed by atoms with van der Waals surface area (Å²) in [5, 5.41) is 3.76. The Labute approximate surface area is 157 Å². The number of halogens is 3. The molecule has 0 saturated heterocycles. The lowest BCUT2D eigenvalue weighted by Gasteiger charge is -2.21. The fourth-order valence-electron chi connectivity index (χ4n) is 3.10. The number of carbonyl (C=O) groups is 1. The van der Waals surface area contributed by atoms with Crippen LogP contribution in [0.15, 0.2) is 36.0 Å². The molecule has 3 aromatic heterocycles. The molecule has 0 aliphatic heterocycles. The van der Waals surface area contributed by atoms with Gasteiger partial charge in [0.2, 0.25) is 0 Å². The number of nitrogens with zero attached hydrogens (tertiary/aromatic N) is 2. The zero-order valence-corrected chi connectivity index (χ0v) is 15.2. The maximum absolute atomic E-state index is 13.2. The molecule has 0 radical (unpaired) electrons. The van der Waals surface area contributed by atoms with Crippen LogP contribution in [0.3, 0.4) is 0 Å². The van der Waals surface area contributed by atoms with Gasteiger partial charge < -0.3 is 5.32 Å². The number of pyridine rings is 2. The van der Waals surface area contributed by atoms with Gasteiger partial charge in [0.1, 0.15) is 6.04 Å². The van der Waals surface area contributed by atoms with Crippen molar-refractivity contribution < 1.29 is 18.0 Å². The van der Waals surface area contributed by atoms with Gasteiger partial charge in [-0.05, 0) is 49.4 Å². The molecule has 3 heterocycles. The fraction of sp³-hybridized carbons (Fsp3) is 0.316. The second-order valence-corrected chi connectivity index (χ2v) is 7.60. The fourth-order valence-corrected chi connectivity index (χ4v) is 4.07. The summed E-state index contributed by atoms with van der Waals surface area (Å²) in [5.74, 6) is -1.26. The molecule has 1 aliphatic rings. The lowest BCUT2D eigenvalue weighted by molar-refractivity contribution is -0.158. The number of hydrogen-bond acceptors (Lipinski definition) is 4. The van der Waals surface area contributed by atoms with E-state index in [4.69, 9.17) is 0 Å². The lowest BCUT2D eigenvalue weighted by atomic mass is 10.1. The molecule has 1 aliphatic carbocycles. The van der Waals surface area contributed by atoms with Crippen LogP contribution in [0.5, 0.6) is 0 Å². The molecule has 0 aromatic carbocycles. The third-order valence-corrected chi connectivity index (χ3v) is 5.75. The zero-order chi connectivity index (χ0) is 19.2. The van der Waals surface area contributed by atoms with E-state index in [9.17, 15) is 18.0 Å². The summed E-state index contributed by atoms with van der Waals surface area (Å²) in [6, 6.07) is 3.71. The molecule has 1 N–H and O–H groups in total. The van der Waals surface area contributed by atoms with E-state index in [0.29, 0.717) is 24.1 Å². The molecule has 4 rings (SSSR count). The van der Waals surface area contributed by atoms with Crippen LogP contribution < -0.4 is 5.32 Å². The summed E-state index contributed by atoms with van der Waals surface area (Å²) >= 11 is 1.31. The van der Waals surface area contributed by atoms with Crippen LogP contribution in [0.4, 0.5) is 13.2 Å². The van der Waals surface area contributed by atoms with Crippen molar-refractivity contribution in [3.05, 3.63) is 47.1 Å². The van der Waals surface area contributed by atoms with Gasteiger partial charge in [0.25, 0.3) is 5.91 Å². The average Bonchev–Trinajstić information content (AvgIpc) is 3.37. The molecule has 140 valence electrons. The van der Waals surface area contributed by atoms with E-state index >= 15 is 0 Å². The van der Waals surface area contributed by atoms with E-state index in [1.54, 1.807) is 23.8 Å². The Morgan fingerprint density at radius 3 is 2.78 bits per heavy atom. The highest BCUT2D eigenvalue weighted by Gasteiger charge is 2.49. The standard InChI is InChI=1S/C19H16F3N3OS/c1-10-7-14(12-3-2-6-23-8-12)24-15-13(9-27-16(10)15)18(26)25-17(11-4-5-11)19(20,21)22/h2-3,6-9,11,17H,4-5H2,1H3,(H,25,26). The van der Waals surface area contributed by atoms with E-state index in [1.165, 1.54) is 11.3 Å². The lowest BCUT2D eigenvalue weighted by Crippen LogP contribution is -2.46. The van der Waals surface area contributed by atoms with Gasteiger partial charge in [0.15, 0.2) is 0 Å². The second-order valence-electron chi connectivity index (χ2n) is 6.72. The Kier molecular flexibility index (Phi) is 4.38. The van der Waals surface area contributed by atoms with Crippen molar-refractivity contribution in [2.75, 3.05) is 0 Å². The van der Waals surface area contributed by atoms with Gasteiger partial charge >= 0.3 is 6.18 Å². The molecule has 1 amide bonds. The first kappa shape index (κ1) is 17.9. The van der Waals surface area contributed by atoms with Gasteiger partial charge in [-0.15, -0.1) is 11.3 Å². The first-order valence-electron chi connectivity index (χ1n) is 8.51. The summed E-state index contributed by atoms with van der Waals surface area (Å²) in [4.78, 5) is 21.2. The van der Waals surface area contributed by atoms with Crippen molar-refractivity contribution in [3.63, 3.8) is 0 Å². The van der Waals surface area contributed by atoms with Gasteiger partial charge in [0.05, 0.1) is 21.5 Å². The third-order valence-electron chi connectivity index (χ3n) is 4.64. The van der Waals surface area contributed by atoms with Gasteiger partial charge in [-0.3, -0.25) is 9.78 Å². The molecule has 1 fully saturated rings. The molecule has 8 heteroatoms. The number of aryl methyl sites for hydroxylation is 1. The molecule has 4 nitrogen and oxygen atoms in total. The molecule has 0 bridgehead atoms. The van der Waals surface area contributed by atoms with Crippen molar-refractivity contribution in [1.82, 2.24) is 15.3 Å². The Hall–Kier alpha value is -2.48. The van der Waals surface area contributed by atoms with Crippen molar-refractivity contribution in [2.45, 2.75) is 32.0 Å². The van der Waals surface area contributed by atoms with Gasteiger partial charge in [-0.2, -0.15) is 13.2 Å². The maximum Gasteiger partial charge on any atom is 0.408 e. The number of aromatic nitrogens is 2. The minimum Gasteiger partial charge on any atom is -0.340 e. The topological polar surface area (TPSA) is 54.9 Å². The van der Waals surface area contributed by atoms with Crippen LogP contribution >= 0.6 is 11.3 Å². The van der Waals surface area contributed by atoms with Gasteiger partial charge in [-0.25, -0.2) is 4.98 Å². The Morgan fingerprint density at radius 2 is 2.15 bits per heavy atom. The summed E-state index contributed by atoms with van der Waals surface area (Å²) in [5.41, 5.74) is 2.94. The summed E-state index contributed by atoms with van der Waals surface area (Å²) in [6.07, 6.45) is -0.179. The first-order valence-corrected chi connectivity index (χ1v) is 9.39. The Bertz CT molecular complexity index is 997. The predicted octanol–water partition coefficient (Wildman–Crippen LogP) is 4.74. The molecule has 1 saturated carbocycles. The van der Waals surface area contributed by atoms with E-state index < -0.39 is 24.0 Å². The quantitative estimate of drug-likeness (QED) is 0.699. The Balaban J connectivity index is 1.71. The molecular weight excluding hydrogens is 375 g/mol. The predicted molar refractivity (Wildman–Crippen MR) is 97.6 cm³/mol. The molecule has 27 heavy (non-hydrogen) atoms. The zero-order valence-electron chi connectivity index (χ0n) is 14.4. The smallest absolute Gasteiger partial charge is 0.340 e. The molecule has 1 atom stereocenters. The number of carbonyl (C=O) groups excluding carboxylic acids is 1. The van der Waals surface area contributed by atoms with Crippen molar-refractivity contribution in [3.8, 4) is 11.3 Å². The van der Waals surface area contributed by atoms with Crippen molar-refractivity contribution in [1.29, 1.82) is 0 Å². The number of thiophene rings is 1. The van der Waals surface area contributed by atoms with Crippen molar-refractivity contribution in [2.24, 2.45) is 5.92 Å². The highest BCUT2D eigenvalue weighted by Crippen LogP contribution is 2.40. The van der Waals surface area contributed by atoms with Gasteiger partial charge in [-0.1, -0.05) is 0 Å². The first-order chi connectivity index (χ1) is 12.8. The Morgan fingerprint density at radius 1 is 1.37 bits per heavy atom. The van der Waals surface area contributed by atoms with Crippen LogP contribution in [0.25, 0.3) is 21.5 Å². The average molecular weight is 391 g/mol. The normalized spacial score (nSPS) is 15.7. The van der Waals surface area contributed by atoms with E-state index in [-0.39, 0.29) is 5.56 Å². The molecule has 3 aromatic rings. The van der Waals surface area contributed by atoms with Gasteiger partial charge in [0, 0.05) is 23.3 Å². The highest BCUT2D eigenvalue weighted by molar-refractivity contribution is 7.17. The molecule has 1 unspecified atom stereocenters. The van der Waals surface area contributed by atoms with Crippen LogP contribution in [-0.4, -0.2) is 28.1 Å². The largest absolute Gasteiger partial charge is 0.408 e. The minimum absolute atomic E-state index is 0.179. The van der Waals surface area contributed by atoms with Crippen LogP contribution in [0.1, 0.15) is 28.8 Å². The third kappa shape index (κ3) is 3.53. The highest BCUT2D eigenvalue weighted by atomic mass is 32.1. The number of fused-ring (bicyclic) bond motifs is 1. The van der Waals surface area contributed by atoms with E-state index in [1.807, 2.05) is 19.1 Å². The monoisotopic (exact) mass is 391 g/mol. The summed E-state index contributed by atoms with van der Waals surface area (Å²) in [6.45, 7) is 1.89. The minimum atomic E-state index is -4.45. The number of nitrogens with one attached hydrogen (secondary N) is 1. The second kappa shape index (κ2) is 6.60. The summed E-state index contributed by atoms with van der Waals surface area (Å²) in [7, 11) is 0. The van der Waals surface area contributed by atoms with Crippen molar-refractivity contribution >= 4 is 27.5 Å². The number of alkyl halides is 3. The number of hydrogen-bond donors (Lipinski definition) is 1. The SMILES string of the molecule is Cc1cc(-c2cccnc2)nc2c(C(=O)NC(C3CC3)C(F)(F)F)csc12. The molecular formula is C19H16F3N3OS. The molecule has 0 spiro atoms. The maximum atomic E-state index is 13.2. The van der Waals surface area contributed by atoms with E-state index in [0.717, 1.165) is 15.8 Å². The van der Waals surface area contributed by atoms with Crippen LogP contribution in [0, 0.1) is 12.8 Å².